The number of hydrogen-bond donors (Lipinski definition) is 1. The Morgan fingerprint density at radius 3 is 2.62 bits per heavy atom. The normalized spacial score (nSPS) is 18.3. The summed E-state index contributed by atoms with van der Waals surface area (Å²) in [5, 5.41) is 3.18. The van der Waals surface area contributed by atoms with Crippen LogP contribution in [0.2, 0.25) is 0 Å². The minimum atomic E-state index is -3.57. The van der Waals surface area contributed by atoms with Gasteiger partial charge < -0.3 is 10.2 Å². The van der Waals surface area contributed by atoms with Crippen molar-refractivity contribution in [3.8, 4) is 0 Å². The average molecular weight is 382 g/mol. The van der Waals surface area contributed by atoms with E-state index in [1.165, 1.54) is 4.31 Å². The number of benzene rings is 1. The predicted octanol–water partition coefficient (Wildman–Crippen LogP) is 2.10. The molecule has 1 aromatic carbocycles. The number of piperidine rings is 1. The van der Waals surface area contributed by atoms with Crippen LogP contribution in [0, 0.1) is 12.8 Å². The van der Waals surface area contributed by atoms with E-state index in [1.54, 1.807) is 18.2 Å². The van der Waals surface area contributed by atoms with Crippen molar-refractivity contribution in [2.45, 2.75) is 38.5 Å². The number of nitrogens with zero attached hydrogens (tertiary/aromatic N) is 2. The number of hydrogen-bond acceptors (Lipinski definition) is 4. The monoisotopic (exact) mass is 381 g/mol. The van der Waals surface area contributed by atoms with Gasteiger partial charge in [0.25, 0.3) is 5.91 Å². The molecule has 1 amide bonds. The van der Waals surface area contributed by atoms with E-state index in [0.29, 0.717) is 31.1 Å². The number of amides is 1. The second-order valence-corrected chi connectivity index (χ2v) is 8.82. The number of likely N-dealkylation sites (tertiary alicyclic amines) is 1. The van der Waals surface area contributed by atoms with E-state index < -0.39 is 10.0 Å². The Balaban J connectivity index is 2.31. The molecule has 7 heteroatoms. The van der Waals surface area contributed by atoms with Gasteiger partial charge in [0.1, 0.15) is 0 Å². The van der Waals surface area contributed by atoms with Gasteiger partial charge in [0.05, 0.1) is 4.90 Å². The van der Waals surface area contributed by atoms with Crippen LogP contribution in [-0.4, -0.2) is 63.3 Å². The molecular formula is C19H31N3O3S. The first kappa shape index (κ1) is 20.9. The summed E-state index contributed by atoms with van der Waals surface area (Å²) in [5.41, 5.74) is 1.30. The van der Waals surface area contributed by atoms with Gasteiger partial charge in [-0.3, -0.25) is 4.79 Å². The van der Waals surface area contributed by atoms with Gasteiger partial charge in [0.2, 0.25) is 10.0 Å². The standard InChI is InChI=1S/C19H31N3O3S/c1-5-22(6-2)26(24,25)17-10-9-15(3)18(12-17)19(23)21-11-7-8-16(14-21)13-20-4/h9-10,12,16,20H,5-8,11,13-14H2,1-4H3. The summed E-state index contributed by atoms with van der Waals surface area (Å²) in [6.45, 7) is 8.64. The number of carbonyl (C=O) groups is 1. The molecule has 1 unspecified atom stereocenters. The molecule has 1 aliphatic heterocycles. The Bertz CT molecular complexity index is 728. The Hall–Kier alpha value is -1.44. The van der Waals surface area contributed by atoms with Crippen molar-refractivity contribution in [2.24, 2.45) is 5.92 Å². The zero-order chi connectivity index (χ0) is 19.3. The van der Waals surface area contributed by atoms with E-state index in [9.17, 15) is 13.2 Å². The first-order valence-corrected chi connectivity index (χ1v) is 10.8. The van der Waals surface area contributed by atoms with E-state index in [1.807, 2.05) is 32.7 Å². The van der Waals surface area contributed by atoms with E-state index >= 15 is 0 Å². The molecule has 146 valence electrons. The zero-order valence-electron chi connectivity index (χ0n) is 16.3. The van der Waals surface area contributed by atoms with Crippen LogP contribution in [0.3, 0.4) is 0 Å². The molecule has 1 saturated heterocycles. The van der Waals surface area contributed by atoms with Crippen LogP contribution in [0.15, 0.2) is 23.1 Å². The Kier molecular flexibility index (Phi) is 7.20. The number of carbonyl (C=O) groups excluding carboxylic acids is 1. The summed E-state index contributed by atoms with van der Waals surface area (Å²) in [5.74, 6) is 0.375. The molecule has 0 radical (unpaired) electrons. The highest BCUT2D eigenvalue weighted by molar-refractivity contribution is 7.89. The Morgan fingerprint density at radius 1 is 1.31 bits per heavy atom. The van der Waals surface area contributed by atoms with E-state index in [4.69, 9.17) is 0 Å². The Labute approximate surface area is 157 Å². The molecule has 0 aromatic heterocycles. The molecule has 6 nitrogen and oxygen atoms in total. The second kappa shape index (κ2) is 8.97. The third-order valence-electron chi connectivity index (χ3n) is 5.08. The predicted molar refractivity (Wildman–Crippen MR) is 104 cm³/mol. The largest absolute Gasteiger partial charge is 0.338 e. The summed E-state index contributed by atoms with van der Waals surface area (Å²) in [7, 11) is -1.65. The van der Waals surface area contributed by atoms with Crippen LogP contribution < -0.4 is 5.32 Å². The van der Waals surface area contributed by atoms with Crippen LogP contribution in [-0.2, 0) is 10.0 Å². The van der Waals surface area contributed by atoms with Crippen LogP contribution in [0.5, 0.6) is 0 Å². The Morgan fingerprint density at radius 2 is 2.00 bits per heavy atom. The van der Waals surface area contributed by atoms with Crippen molar-refractivity contribution in [1.82, 2.24) is 14.5 Å². The van der Waals surface area contributed by atoms with Crippen molar-refractivity contribution in [1.29, 1.82) is 0 Å². The summed E-state index contributed by atoms with van der Waals surface area (Å²) in [4.78, 5) is 15.1. The molecule has 1 fully saturated rings. The third kappa shape index (κ3) is 4.45. The average Bonchev–Trinajstić information content (AvgIpc) is 2.62. The third-order valence-corrected chi connectivity index (χ3v) is 7.13. The summed E-state index contributed by atoms with van der Waals surface area (Å²) in [6.07, 6.45) is 2.09. The van der Waals surface area contributed by atoms with Crippen molar-refractivity contribution in [2.75, 3.05) is 39.8 Å². The molecule has 1 N–H and O–H groups in total. The molecule has 1 aliphatic rings. The van der Waals surface area contributed by atoms with E-state index in [0.717, 1.165) is 31.5 Å². The number of rotatable bonds is 7. The summed E-state index contributed by atoms with van der Waals surface area (Å²) >= 11 is 0. The summed E-state index contributed by atoms with van der Waals surface area (Å²) < 4.78 is 27.0. The maximum absolute atomic E-state index is 13.1. The van der Waals surface area contributed by atoms with Gasteiger partial charge in [0, 0.05) is 31.7 Å². The van der Waals surface area contributed by atoms with E-state index in [-0.39, 0.29) is 10.8 Å². The minimum absolute atomic E-state index is 0.0695. The fourth-order valence-electron chi connectivity index (χ4n) is 3.58. The van der Waals surface area contributed by atoms with Gasteiger partial charge in [-0.2, -0.15) is 4.31 Å². The first-order chi connectivity index (χ1) is 12.3. The van der Waals surface area contributed by atoms with Crippen LogP contribution >= 0.6 is 0 Å². The lowest BCUT2D eigenvalue weighted by atomic mass is 9.97. The van der Waals surface area contributed by atoms with Crippen LogP contribution in [0.25, 0.3) is 0 Å². The highest BCUT2D eigenvalue weighted by Gasteiger charge is 2.27. The maximum atomic E-state index is 13.1. The lowest BCUT2D eigenvalue weighted by Gasteiger charge is -2.33. The first-order valence-electron chi connectivity index (χ1n) is 9.39. The molecular weight excluding hydrogens is 350 g/mol. The molecule has 0 bridgehead atoms. The molecule has 0 saturated carbocycles. The lowest BCUT2D eigenvalue weighted by Crippen LogP contribution is -2.42. The lowest BCUT2D eigenvalue weighted by molar-refractivity contribution is 0.0673. The van der Waals surface area contributed by atoms with Crippen LogP contribution in [0.4, 0.5) is 0 Å². The molecule has 0 spiro atoms. The zero-order valence-corrected chi connectivity index (χ0v) is 17.1. The van der Waals surface area contributed by atoms with Gasteiger partial charge in [-0.15, -0.1) is 0 Å². The van der Waals surface area contributed by atoms with Crippen molar-refractivity contribution in [3.05, 3.63) is 29.3 Å². The number of aryl methyl sites for hydroxylation is 1. The molecule has 0 aliphatic carbocycles. The fraction of sp³-hybridized carbons (Fsp3) is 0.632. The highest BCUT2D eigenvalue weighted by Crippen LogP contribution is 2.23. The molecule has 26 heavy (non-hydrogen) atoms. The van der Waals surface area contributed by atoms with Gasteiger partial charge in [-0.05, 0) is 57.0 Å². The molecule has 1 aromatic rings. The molecule has 2 rings (SSSR count). The quantitative estimate of drug-likeness (QED) is 0.785. The maximum Gasteiger partial charge on any atom is 0.254 e. The second-order valence-electron chi connectivity index (χ2n) is 6.88. The molecule has 1 heterocycles. The van der Waals surface area contributed by atoms with Crippen molar-refractivity contribution < 1.29 is 13.2 Å². The van der Waals surface area contributed by atoms with Crippen molar-refractivity contribution >= 4 is 15.9 Å². The fourth-order valence-corrected chi connectivity index (χ4v) is 5.06. The van der Waals surface area contributed by atoms with Gasteiger partial charge >= 0.3 is 0 Å². The van der Waals surface area contributed by atoms with E-state index in [2.05, 4.69) is 5.32 Å². The SMILES string of the molecule is CCN(CC)S(=O)(=O)c1ccc(C)c(C(=O)N2CCCC(CNC)C2)c1. The van der Waals surface area contributed by atoms with Gasteiger partial charge in [-0.1, -0.05) is 19.9 Å². The minimum Gasteiger partial charge on any atom is -0.338 e. The van der Waals surface area contributed by atoms with Crippen molar-refractivity contribution in [3.63, 3.8) is 0 Å². The number of sulfonamides is 1. The topological polar surface area (TPSA) is 69.7 Å². The molecule has 1 atom stereocenters. The smallest absolute Gasteiger partial charge is 0.254 e. The van der Waals surface area contributed by atoms with Gasteiger partial charge in [-0.25, -0.2) is 8.42 Å². The summed E-state index contributed by atoms with van der Waals surface area (Å²) in [6, 6.07) is 4.88. The highest BCUT2D eigenvalue weighted by atomic mass is 32.2. The van der Waals surface area contributed by atoms with Gasteiger partial charge in [0.15, 0.2) is 0 Å². The number of nitrogens with one attached hydrogen (secondary N) is 1. The van der Waals surface area contributed by atoms with Crippen LogP contribution in [0.1, 0.15) is 42.6 Å².